The molecule has 0 bridgehead atoms. The van der Waals surface area contributed by atoms with Crippen LogP contribution in [0.4, 0.5) is 17.1 Å². The molecule has 10 aromatic carbocycles. The molecule has 63 heavy (non-hydrogen) atoms. The van der Waals surface area contributed by atoms with E-state index in [1.807, 2.05) is 0 Å². The molecule has 1 heteroatoms. The third-order valence-electron chi connectivity index (χ3n) is 14.1. The van der Waals surface area contributed by atoms with Gasteiger partial charge in [0.2, 0.25) is 0 Å². The van der Waals surface area contributed by atoms with Gasteiger partial charge in [-0.25, -0.2) is 0 Å². The molecule has 0 N–H and O–H groups in total. The van der Waals surface area contributed by atoms with Crippen molar-refractivity contribution in [3.8, 4) is 55.6 Å². The van der Waals surface area contributed by atoms with E-state index in [1.54, 1.807) is 0 Å². The second-order valence-corrected chi connectivity index (χ2v) is 17.5. The Balaban J connectivity index is 1.03. The van der Waals surface area contributed by atoms with Crippen LogP contribution in [0.25, 0.3) is 77.2 Å². The highest BCUT2D eigenvalue weighted by molar-refractivity contribution is 6.08. The van der Waals surface area contributed by atoms with Gasteiger partial charge in [-0.2, -0.15) is 0 Å². The Labute approximate surface area is 370 Å². The molecule has 0 atom stereocenters. The van der Waals surface area contributed by atoms with Gasteiger partial charge >= 0.3 is 0 Å². The summed E-state index contributed by atoms with van der Waals surface area (Å²) < 4.78 is 0. The molecule has 1 nitrogen and oxygen atoms in total. The lowest BCUT2D eigenvalue weighted by atomic mass is 9.68. The third-order valence-corrected chi connectivity index (χ3v) is 14.1. The highest BCUT2D eigenvalue weighted by atomic mass is 15.1. The van der Waals surface area contributed by atoms with Crippen LogP contribution in [0.15, 0.2) is 224 Å². The van der Waals surface area contributed by atoms with Gasteiger partial charge < -0.3 is 4.90 Å². The lowest BCUT2D eigenvalue weighted by Crippen LogP contribution is -2.28. The molecule has 10 aromatic rings. The molecule has 0 radical (unpaired) electrons. The molecule has 2 aliphatic carbocycles. The van der Waals surface area contributed by atoms with E-state index in [1.165, 1.54) is 126 Å². The zero-order valence-electron chi connectivity index (χ0n) is 35.3. The number of fused-ring (bicyclic) bond motifs is 8. The monoisotopic (exact) mass is 805 g/mol. The number of hydrogen-bond acceptors (Lipinski definition) is 1. The smallest absolute Gasteiger partial charge is 0.0540 e. The first-order valence-electron chi connectivity index (χ1n) is 22.6. The lowest BCUT2D eigenvalue weighted by Gasteiger charge is -2.37. The van der Waals surface area contributed by atoms with Crippen LogP contribution in [0.3, 0.4) is 0 Å². The van der Waals surface area contributed by atoms with Crippen molar-refractivity contribution in [3.05, 3.63) is 236 Å². The molecule has 12 rings (SSSR count). The predicted molar refractivity (Wildman–Crippen MR) is 267 cm³/mol. The molecule has 300 valence electrons. The maximum atomic E-state index is 2.55. The zero-order chi connectivity index (χ0) is 41.7. The van der Waals surface area contributed by atoms with Crippen LogP contribution in [0, 0.1) is 0 Å². The zero-order valence-corrected chi connectivity index (χ0v) is 35.3. The Bertz CT molecular complexity index is 3320. The van der Waals surface area contributed by atoms with Crippen molar-refractivity contribution in [3.63, 3.8) is 0 Å². The maximum Gasteiger partial charge on any atom is 0.0540 e. The third kappa shape index (κ3) is 6.30. The van der Waals surface area contributed by atoms with Gasteiger partial charge in [0.1, 0.15) is 0 Å². The average molecular weight is 806 g/mol. The molecule has 1 spiro atoms. The molecule has 0 saturated heterocycles. The quantitative estimate of drug-likeness (QED) is 0.145. The second-order valence-electron chi connectivity index (χ2n) is 17.5. The highest BCUT2D eigenvalue weighted by Gasteiger charge is 2.44. The van der Waals surface area contributed by atoms with Crippen LogP contribution in [0.2, 0.25) is 0 Å². The number of benzene rings is 10. The number of rotatable bonds is 7. The molecule has 1 fully saturated rings. The summed E-state index contributed by atoms with van der Waals surface area (Å²) in [4.78, 5) is 2.52. The summed E-state index contributed by atoms with van der Waals surface area (Å²) in [5.41, 5.74) is 19.0. The summed E-state index contributed by atoms with van der Waals surface area (Å²) in [6.07, 6.45) is 6.23. The van der Waals surface area contributed by atoms with E-state index < -0.39 is 0 Å². The topological polar surface area (TPSA) is 3.24 Å². The number of hydrogen-bond donors (Lipinski definition) is 0. The van der Waals surface area contributed by atoms with Gasteiger partial charge in [-0.3, -0.25) is 0 Å². The molecular formula is C62H47N. The van der Waals surface area contributed by atoms with Crippen molar-refractivity contribution < 1.29 is 0 Å². The van der Waals surface area contributed by atoms with Gasteiger partial charge in [-0.15, -0.1) is 0 Å². The van der Waals surface area contributed by atoms with E-state index in [0.29, 0.717) is 0 Å². The minimum absolute atomic E-state index is 0.0460. The van der Waals surface area contributed by atoms with Crippen LogP contribution < -0.4 is 4.90 Å². The van der Waals surface area contributed by atoms with Gasteiger partial charge in [-0.1, -0.05) is 207 Å². The Hall–Kier alpha value is -7.48. The summed E-state index contributed by atoms with van der Waals surface area (Å²) in [6.45, 7) is 0. The van der Waals surface area contributed by atoms with Crippen molar-refractivity contribution in [1.82, 2.24) is 0 Å². The maximum absolute atomic E-state index is 2.55. The standard InChI is InChI=1S/C62H47N/c1-3-17-44(18-4-1)51-21-7-8-22-53(51)54-23-9-10-24-55(54)58-26-12-14-28-61(58)63(49-36-38-57-56-25-11-13-27-59(56)62(60(57)42-49)39-15-2-16-40-62)48-34-31-43(32-35-48)46-33-37-52-47(41-46)30-29-45-19-5-6-20-50(45)52/h1,3-14,17-38,41-42H,2,15-16,39-40H2. The second kappa shape index (κ2) is 15.5. The lowest BCUT2D eigenvalue weighted by molar-refractivity contribution is 0.353. The van der Waals surface area contributed by atoms with E-state index >= 15 is 0 Å². The van der Waals surface area contributed by atoms with Crippen LogP contribution >= 0.6 is 0 Å². The highest BCUT2D eigenvalue weighted by Crippen LogP contribution is 2.57. The molecule has 0 unspecified atom stereocenters. The minimum Gasteiger partial charge on any atom is -0.310 e. The fourth-order valence-electron chi connectivity index (χ4n) is 11.1. The van der Waals surface area contributed by atoms with E-state index in [2.05, 4.69) is 229 Å². The molecule has 0 amide bonds. The summed E-state index contributed by atoms with van der Waals surface area (Å²) in [5.74, 6) is 0. The van der Waals surface area contributed by atoms with E-state index in [-0.39, 0.29) is 5.41 Å². The summed E-state index contributed by atoms with van der Waals surface area (Å²) >= 11 is 0. The van der Waals surface area contributed by atoms with Crippen LogP contribution in [0.5, 0.6) is 0 Å². The van der Waals surface area contributed by atoms with Gasteiger partial charge in [0.25, 0.3) is 0 Å². The van der Waals surface area contributed by atoms with Crippen molar-refractivity contribution >= 4 is 38.6 Å². The van der Waals surface area contributed by atoms with Crippen LogP contribution in [0.1, 0.15) is 43.2 Å². The fourth-order valence-corrected chi connectivity index (χ4v) is 11.1. The Morgan fingerprint density at radius 2 is 0.857 bits per heavy atom. The van der Waals surface area contributed by atoms with E-state index in [4.69, 9.17) is 0 Å². The fraction of sp³-hybridized carbons (Fsp3) is 0.0968. The summed E-state index contributed by atoms with van der Waals surface area (Å²) in [6, 6.07) is 83.5. The first-order chi connectivity index (χ1) is 31.2. The molecule has 0 aromatic heterocycles. The van der Waals surface area contributed by atoms with Crippen molar-refractivity contribution in [2.75, 3.05) is 4.90 Å². The van der Waals surface area contributed by atoms with Crippen molar-refractivity contribution in [2.24, 2.45) is 0 Å². The minimum atomic E-state index is 0.0460. The van der Waals surface area contributed by atoms with Gasteiger partial charge in [-0.05, 0) is 132 Å². The SMILES string of the molecule is c1ccc(-c2ccccc2-c2ccccc2-c2ccccc2N(c2ccc(-c3ccc4c(ccc5ccccc54)c3)cc2)c2ccc3c(c2)C2(CCCCC2)c2ccccc2-3)cc1. The summed E-state index contributed by atoms with van der Waals surface area (Å²) in [7, 11) is 0. The molecule has 1 saturated carbocycles. The van der Waals surface area contributed by atoms with Gasteiger partial charge in [0.05, 0.1) is 5.69 Å². The van der Waals surface area contributed by atoms with E-state index in [9.17, 15) is 0 Å². The molecule has 0 aliphatic heterocycles. The van der Waals surface area contributed by atoms with Crippen molar-refractivity contribution in [2.45, 2.75) is 37.5 Å². The number of nitrogens with zero attached hydrogens (tertiary/aromatic N) is 1. The first kappa shape index (κ1) is 37.3. The normalized spacial score (nSPS) is 13.8. The van der Waals surface area contributed by atoms with E-state index in [0.717, 1.165) is 11.4 Å². The van der Waals surface area contributed by atoms with Gasteiger partial charge in [0, 0.05) is 22.4 Å². The predicted octanol–water partition coefficient (Wildman–Crippen LogP) is 17.4. The van der Waals surface area contributed by atoms with Crippen LogP contribution in [-0.2, 0) is 5.41 Å². The van der Waals surface area contributed by atoms with Gasteiger partial charge in [0.15, 0.2) is 0 Å². The first-order valence-corrected chi connectivity index (χ1v) is 22.6. The Morgan fingerprint density at radius 3 is 1.65 bits per heavy atom. The largest absolute Gasteiger partial charge is 0.310 e. The summed E-state index contributed by atoms with van der Waals surface area (Å²) in [5, 5.41) is 5.12. The molecule has 2 aliphatic rings. The Morgan fingerprint density at radius 1 is 0.302 bits per heavy atom. The molecule has 0 heterocycles. The molecular weight excluding hydrogens is 759 g/mol. The van der Waals surface area contributed by atoms with Crippen molar-refractivity contribution in [1.29, 1.82) is 0 Å². The average Bonchev–Trinajstić information content (AvgIpc) is 3.62. The Kier molecular flexibility index (Phi) is 9.15. The number of para-hydroxylation sites is 1. The van der Waals surface area contributed by atoms with Crippen LogP contribution in [-0.4, -0.2) is 0 Å². The number of anilines is 3.